The van der Waals surface area contributed by atoms with Gasteiger partial charge in [0.25, 0.3) is 0 Å². The van der Waals surface area contributed by atoms with Gasteiger partial charge in [0.1, 0.15) is 0 Å². The minimum Gasteiger partial charge on any atom is -0.446 e. The van der Waals surface area contributed by atoms with Gasteiger partial charge in [-0.05, 0) is 32.6 Å². The average molecular weight is 265 g/mol. The van der Waals surface area contributed by atoms with Crippen molar-refractivity contribution in [1.82, 2.24) is 9.44 Å². The molecule has 0 bridgehead atoms. The van der Waals surface area contributed by atoms with E-state index in [9.17, 15) is 13.2 Å². The maximum Gasteiger partial charge on any atom is 0.422 e. The largest absolute Gasteiger partial charge is 0.446 e. The Kier molecular flexibility index (Phi) is 4.72. The Balaban J connectivity index is 2.32. The van der Waals surface area contributed by atoms with Gasteiger partial charge in [-0.15, -0.1) is 0 Å². The van der Waals surface area contributed by atoms with E-state index in [1.807, 2.05) is 0 Å². The summed E-state index contributed by atoms with van der Waals surface area (Å²) in [5, 5.41) is 0. The van der Waals surface area contributed by atoms with Gasteiger partial charge >= 0.3 is 16.3 Å². The molecule has 4 N–H and O–H groups in total. The number of nitrogens with two attached hydrogens (primary N) is 1. The van der Waals surface area contributed by atoms with Crippen LogP contribution in [0, 0.1) is 5.92 Å². The Morgan fingerprint density at radius 3 is 2.53 bits per heavy atom. The van der Waals surface area contributed by atoms with Crippen LogP contribution in [-0.4, -0.2) is 33.2 Å². The fourth-order valence-electron chi connectivity index (χ4n) is 1.28. The highest BCUT2D eigenvalue weighted by atomic mass is 32.2. The first-order valence-corrected chi connectivity index (χ1v) is 7.02. The van der Waals surface area contributed by atoms with E-state index < -0.39 is 16.3 Å². The molecule has 1 aliphatic rings. The normalized spacial score (nSPS) is 17.9. The molecule has 0 aliphatic heterocycles. The summed E-state index contributed by atoms with van der Waals surface area (Å²) >= 11 is 0. The third-order valence-electron chi connectivity index (χ3n) is 2.30. The molecule has 1 saturated carbocycles. The van der Waals surface area contributed by atoms with E-state index in [-0.39, 0.29) is 18.7 Å². The topological polar surface area (TPSA) is 111 Å². The summed E-state index contributed by atoms with van der Waals surface area (Å²) in [5.41, 5.74) is 5.73. The summed E-state index contributed by atoms with van der Waals surface area (Å²) in [6.45, 7) is 3.38. The third-order valence-corrected chi connectivity index (χ3v) is 3.28. The standard InChI is InChI=1S/C9H19N3O4S/c1-6(2)16-9(13)12-17(14,15)11-5-8(10)7-3-4-7/h6-8,11H,3-5,10H2,1-2H3,(H,12,13). The second-order valence-corrected chi connectivity index (χ2v) is 5.91. The number of rotatable bonds is 6. The number of hydrogen-bond donors (Lipinski definition) is 3. The molecular weight excluding hydrogens is 246 g/mol. The van der Waals surface area contributed by atoms with Crippen molar-refractivity contribution in [2.45, 2.75) is 38.8 Å². The first kappa shape index (κ1) is 14.2. The van der Waals surface area contributed by atoms with Gasteiger partial charge < -0.3 is 10.5 Å². The smallest absolute Gasteiger partial charge is 0.422 e. The highest BCUT2D eigenvalue weighted by Crippen LogP contribution is 2.31. The SMILES string of the molecule is CC(C)OC(=O)NS(=O)(=O)NCC(N)C1CC1. The molecule has 1 unspecified atom stereocenters. The molecule has 0 aromatic rings. The Bertz CT molecular complexity index is 364. The van der Waals surface area contributed by atoms with Crippen LogP contribution in [0.3, 0.4) is 0 Å². The van der Waals surface area contributed by atoms with Crippen molar-refractivity contribution in [3.63, 3.8) is 0 Å². The predicted molar refractivity (Wildman–Crippen MR) is 62.4 cm³/mol. The Morgan fingerprint density at radius 1 is 1.47 bits per heavy atom. The van der Waals surface area contributed by atoms with E-state index in [0.717, 1.165) is 12.8 Å². The first-order chi connectivity index (χ1) is 7.80. The molecule has 100 valence electrons. The predicted octanol–water partition coefficient (Wildman–Crippen LogP) is -0.307. The quantitative estimate of drug-likeness (QED) is 0.610. The number of nitrogens with one attached hydrogen (secondary N) is 2. The van der Waals surface area contributed by atoms with Crippen LogP contribution in [0.4, 0.5) is 4.79 Å². The number of ether oxygens (including phenoxy) is 1. The van der Waals surface area contributed by atoms with Crippen molar-refractivity contribution in [2.24, 2.45) is 11.7 Å². The summed E-state index contributed by atoms with van der Waals surface area (Å²) in [4.78, 5) is 11.1. The molecule has 0 saturated heterocycles. The molecule has 1 rings (SSSR count). The summed E-state index contributed by atoms with van der Waals surface area (Å²) in [7, 11) is -3.88. The second kappa shape index (κ2) is 5.65. The Morgan fingerprint density at radius 2 is 2.06 bits per heavy atom. The van der Waals surface area contributed by atoms with Crippen molar-refractivity contribution in [3.05, 3.63) is 0 Å². The number of hydrogen-bond acceptors (Lipinski definition) is 5. The molecule has 17 heavy (non-hydrogen) atoms. The van der Waals surface area contributed by atoms with E-state index in [2.05, 4.69) is 9.46 Å². The molecule has 0 radical (unpaired) electrons. The van der Waals surface area contributed by atoms with Gasteiger partial charge in [-0.3, -0.25) is 0 Å². The molecule has 0 spiro atoms. The van der Waals surface area contributed by atoms with E-state index in [4.69, 9.17) is 5.73 Å². The lowest BCUT2D eigenvalue weighted by Crippen LogP contribution is -2.46. The summed E-state index contributed by atoms with van der Waals surface area (Å²) in [5.74, 6) is 0.389. The van der Waals surface area contributed by atoms with Gasteiger partial charge in [0.05, 0.1) is 6.10 Å². The summed E-state index contributed by atoms with van der Waals surface area (Å²) < 4.78 is 31.4. The zero-order chi connectivity index (χ0) is 13.1. The minimum absolute atomic E-state index is 0.120. The first-order valence-electron chi connectivity index (χ1n) is 5.54. The van der Waals surface area contributed by atoms with E-state index in [0.29, 0.717) is 5.92 Å². The van der Waals surface area contributed by atoms with Crippen LogP contribution >= 0.6 is 0 Å². The lowest BCUT2D eigenvalue weighted by atomic mass is 10.2. The molecule has 0 heterocycles. The van der Waals surface area contributed by atoms with Gasteiger partial charge in [0, 0.05) is 12.6 Å². The van der Waals surface area contributed by atoms with Gasteiger partial charge in [-0.2, -0.15) is 13.1 Å². The van der Waals surface area contributed by atoms with E-state index in [1.165, 1.54) is 0 Å². The second-order valence-electron chi connectivity index (χ2n) is 4.41. The van der Waals surface area contributed by atoms with Crippen LogP contribution in [-0.2, 0) is 14.9 Å². The minimum atomic E-state index is -3.88. The Labute approximate surface area is 101 Å². The highest BCUT2D eigenvalue weighted by molar-refractivity contribution is 7.88. The molecule has 1 aliphatic carbocycles. The maximum absolute atomic E-state index is 11.4. The van der Waals surface area contributed by atoms with Crippen LogP contribution in [0.15, 0.2) is 0 Å². The molecule has 1 amide bonds. The highest BCUT2D eigenvalue weighted by Gasteiger charge is 2.29. The fraction of sp³-hybridized carbons (Fsp3) is 0.889. The monoisotopic (exact) mass is 265 g/mol. The molecular formula is C9H19N3O4S. The van der Waals surface area contributed by atoms with Crippen LogP contribution in [0.2, 0.25) is 0 Å². The molecule has 0 aromatic carbocycles. The van der Waals surface area contributed by atoms with Crippen molar-refractivity contribution in [2.75, 3.05) is 6.54 Å². The van der Waals surface area contributed by atoms with Crippen molar-refractivity contribution >= 4 is 16.3 Å². The van der Waals surface area contributed by atoms with E-state index >= 15 is 0 Å². The number of carbonyl (C=O) groups excluding carboxylic acids is 1. The van der Waals surface area contributed by atoms with Crippen LogP contribution in [0.5, 0.6) is 0 Å². The Hall–Kier alpha value is -0.860. The zero-order valence-corrected chi connectivity index (χ0v) is 10.8. The third kappa shape index (κ3) is 5.85. The lowest BCUT2D eigenvalue weighted by molar-refractivity contribution is 0.121. The summed E-state index contributed by atoms with van der Waals surface area (Å²) in [6, 6.07) is -0.201. The molecule has 7 nitrogen and oxygen atoms in total. The summed E-state index contributed by atoms with van der Waals surface area (Å²) in [6.07, 6.45) is 0.698. The van der Waals surface area contributed by atoms with Crippen molar-refractivity contribution < 1.29 is 17.9 Å². The van der Waals surface area contributed by atoms with E-state index in [1.54, 1.807) is 18.6 Å². The zero-order valence-electron chi connectivity index (χ0n) is 9.97. The van der Waals surface area contributed by atoms with Crippen LogP contribution < -0.4 is 15.2 Å². The van der Waals surface area contributed by atoms with Gasteiger partial charge in [-0.1, -0.05) is 0 Å². The van der Waals surface area contributed by atoms with Gasteiger partial charge in [-0.25, -0.2) is 9.52 Å². The van der Waals surface area contributed by atoms with Gasteiger partial charge in [0.15, 0.2) is 0 Å². The average Bonchev–Trinajstić information content (AvgIpc) is 2.94. The van der Waals surface area contributed by atoms with Crippen molar-refractivity contribution in [3.8, 4) is 0 Å². The number of carbonyl (C=O) groups is 1. The molecule has 0 aromatic heterocycles. The van der Waals surface area contributed by atoms with Crippen LogP contribution in [0.1, 0.15) is 26.7 Å². The molecule has 1 fully saturated rings. The molecule has 1 atom stereocenters. The molecule has 8 heteroatoms. The van der Waals surface area contributed by atoms with Crippen molar-refractivity contribution in [1.29, 1.82) is 0 Å². The fourth-order valence-corrected chi connectivity index (χ4v) is 2.03. The maximum atomic E-state index is 11.4. The lowest BCUT2D eigenvalue weighted by Gasteiger charge is -2.13. The van der Waals surface area contributed by atoms with Crippen LogP contribution in [0.25, 0.3) is 0 Å². The number of amides is 1. The van der Waals surface area contributed by atoms with Gasteiger partial charge in [0.2, 0.25) is 0 Å².